The average molecular weight is 283 g/mol. The second-order valence-electron chi connectivity index (χ2n) is 6.30. The van der Waals surface area contributed by atoms with Crippen LogP contribution in [0.25, 0.3) is 0 Å². The molecule has 0 aromatic carbocycles. The highest BCUT2D eigenvalue weighted by atomic mass is 16.5. The van der Waals surface area contributed by atoms with E-state index in [-0.39, 0.29) is 5.41 Å². The molecule has 1 aliphatic rings. The quantitative estimate of drug-likeness (QED) is 0.505. The molecule has 118 valence electrons. The summed E-state index contributed by atoms with van der Waals surface area (Å²) in [6, 6.07) is 0. The smallest absolute Gasteiger partial charge is 0.191 e. The van der Waals surface area contributed by atoms with Gasteiger partial charge >= 0.3 is 0 Å². The van der Waals surface area contributed by atoms with Gasteiger partial charge in [0.2, 0.25) is 0 Å². The number of ether oxygens (including phenoxy) is 1. The molecule has 1 fully saturated rings. The van der Waals surface area contributed by atoms with Gasteiger partial charge in [0.25, 0.3) is 0 Å². The van der Waals surface area contributed by atoms with Crippen molar-refractivity contribution in [3.63, 3.8) is 0 Å². The maximum absolute atomic E-state index is 5.28. The van der Waals surface area contributed by atoms with Gasteiger partial charge in [0.15, 0.2) is 5.96 Å². The number of nitrogens with zero attached hydrogens (tertiary/aromatic N) is 1. The lowest BCUT2D eigenvalue weighted by Gasteiger charge is -2.36. The van der Waals surface area contributed by atoms with Crippen LogP contribution in [0.4, 0.5) is 0 Å². The number of guanidine groups is 1. The maximum Gasteiger partial charge on any atom is 0.191 e. The number of hydrogen-bond acceptors (Lipinski definition) is 2. The van der Waals surface area contributed by atoms with Gasteiger partial charge in [0.1, 0.15) is 0 Å². The Morgan fingerprint density at radius 2 is 2.00 bits per heavy atom. The van der Waals surface area contributed by atoms with E-state index in [1.807, 2.05) is 0 Å². The molecule has 1 atom stereocenters. The minimum Gasteiger partial charge on any atom is -0.380 e. The Hall–Kier alpha value is -0.770. The van der Waals surface area contributed by atoms with Gasteiger partial charge in [-0.05, 0) is 19.3 Å². The van der Waals surface area contributed by atoms with Gasteiger partial charge in [-0.25, -0.2) is 0 Å². The van der Waals surface area contributed by atoms with Crippen molar-refractivity contribution in [2.24, 2.45) is 16.3 Å². The lowest BCUT2D eigenvalue weighted by molar-refractivity contribution is -0.0945. The molecule has 0 aliphatic carbocycles. The largest absolute Gasteiger partial charge is 0.380 e. The summed E-state index contributed by atoms with van der Waals surface area (Å²) in [5.74, 6) is 1.71. The molecule has 2 N–H and O–H groups in total. The van der Waals surface area contributed by atoms with Crippen LogP contribution in [0.5, 0.6) is 0 Å². The fraction of sp³-hybridized carbons (Fsp3) is 0.938. The first kappa shape index (κ1) is 17.3. The van der Waals surface area contributed by atoms with Gasteiger partial charge in [-0.3, -0.25) is 4.99 Å². The minimum atomic E-state index is 0.245. The molecule has 0 bridgehead atoms. The number of nitrogens with one attached hydrogen (secondary N) is 2. The van der Waals surface area contributed by atoms with E-state index in [0.29, 0.717) is 0 Å². The monoisotopic (exact) mass is 283 g/mol. The first-order chi connectivity index (χ1) is 9.63. The van der Waals surface area contributed by atoms with Gasteiger partial charge in [-0.1, -0.05) is 40.0 Å². The molecule has 1 heterocycles. The third kappa shape index (κ3) is 6.12. The summed E-state index contributed by atoms with van der Waals surface area (Å²) < 4.78 is 5.28. The van der Waals surface area contributed by atoms with Crippen molar-refractivity contribution >= 4 is 5.96 Å². The van der Waals surface area contributed by atoms with E-state index >= 15 is 0 Å². The summed E-state index contributed by atoms with van der Waals surface area (Å²) in [6.07, 6.45) is 5.15. The zero-order chi connectivity index (χ0) is 14.8. The van der Waals surface area contributed by atoms with Crippen LogP contribution in [-0.4, -0.2) is 38.8 Å². The summed E-state index contributed by atoms with van der Waals surface area (Å²) in [6.45, 7) is 13.3. The van der Waals surface area contributed by atoms with Crippen LogP contribution in [0, 0.1) is 11.3 Å². The van der Waals surface area contributed by atoms with E-state index in [4.69, 9.17) is 9.73 Å². The summed E-state index contributed by atoms with van der Waals surface area (Å²) in [4.78, 5) is 4.71. The Morgan fingerprint density at radius 1 is 1.25 bits per heavy atom. The topological polar surface area (TPSA) is 45.7 Å². The summed E-state index contributed by atoms with van der Waals surface area (Å²) >= 11 is 0. The lowest BCUT2D eigenvalue weighted by Crippen LogP contribution is -2.45. The Labute approximate surface area is 124 Å². The van der Waals surface area contributed by atoms with Crippen LogP contribution >= 0.6 is 0 Å². The van der Waals surface area contributed by atoms with E-state index < -0.39 is 0 Å². The highest BCUT2D eigenvalue weighted by molar-refractivity contribution is 5.79. The molecule has 4 nitrogen and oxygen atoms in total. The van der Waals surface area contributed by atoms with Crippen molar-refractivity contribution < 1.29 is 4.74 Å². The Bertz CT molecular complexity index is 287. The zero-order valence-corrected chi connectivity index (χ0v) is 13.8. The summed E-state index contributed by atoms with van der Waals surface area (Å²) in [5.41, 5.74) is 0.245. The van der Waals surface area contributed by atoms with Crippen molar-refractivity contribution in [1.29, 1.82) is 0 Å². The highest BCUT2D eigenvalue weighted by Crippen LogP contribution is 2.26. The summed E-state index contributed by atoms with van der Waals surface area (Å²) in [5, 5.41) is 6.84. The van der Waals surface area contributed by atoms with Gasteiger partial charge in [0.05, 0.1) is 19.8 Å². The van der Waals surface area contributed by atoms with Crippen LogP contribution in [0.1, 0.15) is 53.4 Å². The second-order valence-corrected chi connectivity index (χ2v) is 6.30. The molecule has 0 radical (unpaired) electrons. The maximum atomic E-state index is 5.28. The summed E-state index contributed by atoms with van der Waals surface area (Å²) in [7, 11) is 0. The van der Waals surface area contributed by atoms with E-state index in [1.54, 1.807) is 0 Å². The van der Waals surface area contributed by atoms with Gasteiger partial charge < -0.3 is 15.4 Å². The number of hydrogen-bond donors (Lipinski definition) is 2. The molecule has 0 saturated carbocycles. The van der Waals surface area contributed by atoms with Crippen molar-refractivity contribution in [3.8, 4) is 0 Å². The lowest BCUT2D eigenvalue weighted by atomic mass is 9.89. The van der Waals surface area contributed by atoms with Crippen molar-refractivity contribution in [3.05, 3.63) is 0 Å². The van der Waals surface area contributed by atoms with Crippen LogP contribution in [-0.2, 0) is 4.74 Å². The van der Waals surface area contributed by atoms with E-state index in [0.717, 1.165) is 44.7 Å². The highest BCUT2D eigenvalue weighted by Gasteiger charge is 2.33. The molecule has 4 heteroatoms. The van der Waals surface area contributed by atoms with Crippen LogP contribution < -0.4 is 10.6 Å². The molecule has 0 spiro atoms. The zero-order valence-electron chi connectivity index (χ0n) is 13.8. The third-order valence-corrected chi connectivity index (χ3v) is 3.97. The predicted octanol–water partition coefficient (Wildman–Crippen LogP) is 2.79. The Morgan fingerprint density at radius 3 is 2.50 bits per heavy atom. The molecule has 0 aromatic heterocycles. The number of aliphatic imine (C=N–C) groups is 1. The molecule has 0 aromatic rings. The van der Waals surface area contributed by atoms with E-state index in [1.165, 1.54) is 25.7 Å². The minimum absolute atomic E-state index is 0.245. The predicted molar refractivity (Wildman–Crippen MR) is 86.2 cm³/mol. The van der Waals surface area contributed by atoms with Crippen LogP contribution in [0.3, 0.4) is 0 Å². The van der Waals surface area contributed by atoms with Gasteiger partial charge in [-0.2, -0.15) is 0 Å². The first-order valence-electron chi connectivity index (χ1n) is 8.23. The molecule has 1 rings (SSSR count). The molecular weight excluding hydrogens is 250 g/mol. The number of rotatable bonds is 9. The average Bonchev–Trinajstić information content (AvgIpc) is 2.42. The van der Waals surface area contributed by atoms with Crippen molar-refractivity contribution in [2.45, 2.75) is 53.4 Å². The van der Waals surface area contributed by atoms with Crippen molar-refractivity contribution in [1.82, 2.24) is 10.6 Å². The van der Waals surface area contributed by atoms with E-state index in [9.17, 15) is 0 Å². The van der Waals surface area contributed by atoms with E-state index in [2.05, 4.69) is 38.3 Å². The number of unbranched alkanes of at least 4 members (excludes halogenated alkanes) is 1. The standard InChI is InChI=1S/C16H33N3O/c1-5-8-9-14(6-2)10-18-15(17-7-3)19-11-16(4)12-20-13-16/h14H,5-13H2,1-4H3,(H2,17,18,19). The van der Waals surface area contributed by atoms with Crippen LogP contribution in [0.15, 0.2) is 4.99 Å². The van der Waals surface area contributed by atoms with Crippen LogP contribution in [0.2, 0.25) is 0 Å². The molecule has 20 heavy (non-hydrogen) atoms. The fourth-order valence-electron chi connectivity index (χ4n) is 2.34. The molecule has 1 saturated heterocycles. The van der Waals surface area contributed by atoms with Crippen molar-refractivity contribution in [2.75, 3.05) is 32.8 Å². The fourth-order valence-corrected chi connectivity index (χ4v) is 2.34. The SMILES string of the molecule is CCCCC(CC)CNC(=NCC1(C)COC1)NCC. The second kappa shape index (κ2) is 9.22. The third-order valence-electron chi connectivity index (χ3n) is 3.97. The molecule has 1 aliphatic heterocycles. The normalized spacial score (nSPS) is 19.3. The Kier molecular flexibility index (Phi) is 7.97. The van der Waals surface area contributed by atoms with Gasteiger partial charge in [0, 0.05) is 18.5 Å². The van der Waals surface area contributed by atoms with Gasteiger partial charge in [-0.15, -0.1) is 0 Å². The molecular formula is C16H33N3O. The molecule has 1 unspecified atom stereocenters. The molecule has 0 amide bonds. The first-order valence-corrected chi connectivity index (χ1v) is 8.23. The Balaban J connectivity index is 2.38.